The van der Waals surface area contributed by atoms with E-state index in [1.54, 1.807) is 13.1 Å². The third kappa shape index (κ3) is 5.38. The first-order chi connectivity index (χ1) is 9.49. The normalized spacial score (nSPS) is 11.7. The number of alkyl halides is 3. The second-order valence-corrected chi connectivity index (χ2v) is 4.32. The van der Waals surface area contributed by atoms with Gasteiger partial charge in [-0.3, -0.25) is 0 Å². The minimum atomic E-state index is -4.43. The fraction of sp³-hybridized carbons (Fsp3) is 0.571. The highest BCUT2D eigenvalue weighted by atomic mass is 19.4. The van der Waals surface area contributed by atoms with Crippen LogP contribution in [0.25, 0.3) is 0 Å². The van der Waals surface area contributed by atoms with Crippen molar-refractivity contribution < 1.29 is 22.6 Å². The zero-order chi connectivity index (χ0) is 15.0. The number of hydrogen-bond acceptors (Lipinski definition) is 3. The molecule has 0 bridgehead atoms. The summed E-state index contributed by atoms with van der Waals surface area (Å²) >= 11 is 0. The van der Waals surface area contributed by atoms with E-state index in [4.69, 9.17) is 9.47 Å². The van der Waals surface area contributed by atoms with Gasteiger partial charge < -0.3 is 14.8 Å². The van der Waals surface area contributed by atoms with Gasteiger partial charge in [0.1, 0.15) is 12.4 Å². The molecule has 0 fully saturated rings. The van der Waals surface area contributed by atoms with Gasteiger partial charge in [-0.1, -0.05) is 13.0 Å². The average molecular weight is 291 g/mol. The molecule has 0 amide bonds. The van der Waals surface area contributed by atoms with Gasteiger partial charge >= 0.3 is 6.18 Å². The molecule has 1 N–H and O–H groups in total. The predicted octanol–water partition coefficient (Wildman–Crippen LogP) is 3.23. The molecule has 114 valence electrons. The first-order valence-corrected chi connectivity index (χ1v) is 6.54. The van der Waals surface area contributed by atoms with Gasteiger partial charge in [0.05, 0.1) is 12.2 Å². The summed E-state index contributed by atoms with van der Waals surface area (Å²) in [6, 6.07) is 4.09. The monoisotopic (exact) mass is 291 g/mol. The second-order valence-electron chi connectivity index (χ2n) is 4.32. The second kappa shape index (κ2) is 8.11. The Kier molecular flexibility index (Phi) is 6.81. The molecular weight excluding hydrogens is 271 g/mol. The van der Waals surface area contributed by atoms with Crippen LogP contribution in [0.5, 0.6) is 5.75 Å². The lowest BCUT2D eigenvalue weighted by molar-refractivity contribution is -0.139. The maximum Gasteiger partial charge on any atom is 0.419 e. The Morgan fingerprint density at radius 2 is 1.90 bits per heavy atom. The van der Waals surface area contributed by atoms with Gasteiger partial charge in [0.15, 0.2) is 0 Å². The highest BCUT2D eigenvalue weighted by molar-refractivity contribution is 5.39. The van der Waals surface area contributed by atoms with E-state index in [1.807, 2.05) is 6.92 Å². The van der Waals surface area contributed by atoms with Crippen LogP contribution in [0.3, 0.4) is 0 Å². The molecule has 1 aromatic carbocycles. The van der Waals surface area contributed by atoms with Crippen molar-refractivity contribution in [3.63, 3.8) is 0 Å². The quantitative estimate of drug-likeness (QED) is 0.746. The maximum atomic E-state index is 13.0. The SMILES string of the molecule is CCCOCCOc1ccc(CNC)cc1C(F)(F)F. The molecule has 0 aromatic heterocycles. The smallest absolute Gasteiger partial charge is 0.419 e. The number of nitrogens with one attached hydrogen (secondary N) is 1. The van der Waals surface area contributed by atoms with Crippen LogP contribution >= 0.6 is 0 Å². The first-order valence-electron chi connectivity index (χ1n) is 6.54. The van der Waals surface area contributed by atoms with E-state index in [-0.39, 0.29) is 19.0 Å². The minimum absolute atomic E-state index is 0.106. The van der Waals surface area contributed by atoms with Crippen molar-refractivity contribution in [3.05, 3.63) is 29.3 Å². The molecule has 1 rings (SSSR count). The highest BCUT2D eigenvalue weighted by Gasteiger charge is 2.34. The van der Waals surface area contributed by atoms with E-state index in [0.717, 1.165) is 12.5 Å². The van der Waals surface area contributed by atoms with Crippen LogP contribution < -0.4 is 10.1 Å². The molecule has 0 radical (unpaired) electrons. The Bertz CT molecular complexity index is 408. The van der Waals surface area contributed by atoms with E-state index in [2.05, 4.69) is 5.32 Å². The van der Waals surface area contributed by atoms with Crippen LogP contribution in [-0.2, 0) is 17.5 Å². The first kappa shape index (κ1) is 16.8. The van der Waals surface area contributed by atoms with Crippen molar-refractivity contribution in [2.45, 2.75) is 26.1 Å². The zero-order valence-corrected chi connectivity index (χ0v) is 11.7. The Balaban J connectivity index is 2.73. The van der Waals surface area contributed by atoms with Crippen molar-refractivity contribution in [2.75, 3.05) is 26.9 Å². The molecule has 0 saturated heterocycles. The van der Waals surface area contributed by atoms with Crippen LogP contribution in [0.2, 0.25) is 0 Å². The lowest BCUT2D eigenvalue weighted by atomic mass is 10.1. The Morgan fingerprint density at radius 3 is 2.50 bits per heavy atom. The van der Waals surface area contributed by atoms with Gasteiger partial charge in [0, 0.05) is 13.2 Å². The highest BCUT2D eigenvalue weighted by Crippen LogP contribution is 2.36. The number of ether oxygens (including phenoxy) is 2. The van der Waals surface area contributed by atoms with Gasteiger partial charge in [-0.25, -0.2) is 0 Å². The summed E-state index contributed by atoms with van der Waals surface area (Å²) in [7, 11) is 1.68. The standard InChI is InChI=1S/C14H20F3NO2/c1-3-6-19-7-8-20-13-5-4-11(10-18-2)9-12(13)14(15,16)17/h4-5,9,18H,3,6-8,10H2,1-2H3. The van der Waals surface area contributed by atoms with E-state index in [1.165, 1.54) is 6.07 Å². The van der Waals surface area contributed by atoms with Crippen molar-refractivity contribution >= 4 is 0 Å². The minimum Gasteiger partial charge on any atom is -0.491 e. The topological polar surface area (TPSA) is 30.5 Å². The van der Waals surface area contributed by atoms with E-state index in [9.17, 15) is 13.2 Å². The molecule has 20 heavy (non-hydrogen) atoms. The van der Waals surface area contributed by atoms with Crippen molar-refractivity contribution in [2.24, 2.45) is 0 Å². The van der Waals surface area contributed by atoms with E-state index >= 15 is 0 Å². The zero-order valence-electron chi connectivity index (χ0n) is 11.7. The third-order valence-corrected chi connectivity index (χ3v) is 2.56. The Hall–Kier alpha value is -1.27. The molecule has 0 heterocycles. The molecule has 0 atom stereocenters. The fourth-order valence-corrected chi connectivity index (χ4v) is 1.70. The largest absolute Gasteiger partial charge is 0.491 e. The van der Waals surface area contributed by atoms with Gasteiger partial charge in [-0.15, -0.1) is 0 Å². The van der Waals surface area contributed by atoms with Crippen molar-refractivity contribution in [3.8, 4) is 5.75 Å². The van der Waals surface area contributed by atoms with Gasteiger partial charge in [-0.05, 0) is 31.2 Å². The summed E-state index contributed by atoms with van der Waals surface area (Å²) in [6.45, 7) is 3.31. The van der Waals surface area contributed by atoms with Crippen LogP contribution in [0.15, 0.2) is 18.2 Å². The lowest BCUT2D eigenvalue weighted by Gasteiger charge is -2.15. The Labute approximate surface area is 117 Å². The molecular formula is C14H20F3NO2. The number of benzene rings is 1. The maximum absolute atomic E-state index is 13.0. The molecule has 0 aliphatic rings. The van der Waals surface area contributed by atoms with E-state index in [0.29, 0.717) is 18.7 Å². The average Bonchev–Trinajstić information content (AvgIpc) is 2.39. The molecule has 3 nitrogen and oxygen atoms in total. The molecule has 0 aliphatic heterocycles. The molecule has 1 aromatic rings. The molecule has 0 unspecified atom stereocenters. The van der Waals surface area contributed by atoms with Crippen molar-refractivity contribution in [1.82, 2.24) is 5.32 Å². The van der Waals surface area contributed by atoms with Crippen molar-refractivity contribution in [1.29, 1.82) is 0 Å². The van der Waals surface area contributed by atoms with Crippen LogP contribution in [0, 0.1) is 0 Å². The summed E-state index contributed by atoms with van der Waals surface area (Å²) in [4.78, 5) is 0. The lowest BCUT2D eigenvalue weighted by Crippen LogP contribution is -2.14. The summed E-state index contributed by atoms with van der Waals surface area (Å²) in [6.07, 6.45) is -3.56. The summed E-state index contributed by atoms with van der Waals surface area (Å²) in [5, 5.41) is 2.82. The summed E-state index contributed by atoms with van der Waals surface area (Å²) in [5.74, 6) is -0.155. The molecule has 0 aliphatic carbocycles. The Morgan fingerprint density at radius 1 is 1.15 bits per heavy atom. The number of halogens is 3. The number of rotatable bonds is 8. The van der Waals surface area contributed by atoms with Gasteiger partial charge in [0.25, 0.3) is 0 Å². The number of hydrogen-bond donors (Lipinski definition) is 1. The van der Waals surface area contributed by atoms with Crippen LogP contribution in [0.1, 0.15) is 24.5 Å². The molecule has 0 spiro atoms. The predicted molar refractivity (Wildman–Crippen MR) is 70.8 cm³/mol. The van der Waals surface area contributed by atoms with Gasteiger partial charge in [0.2, 0.25) is 0 Å². The van der Waals surface area contributed by atoms with Crippen LogP contribution in [0.4, 0.5) is 13.2 Å². The van der Waals surface area contributed by atoms with Gasteiger partial charge in [-0.2, -0.15) is 13.2 Å². The molecule has 6 heteroatoms. The summed E-state index contributed by atoms with van der Waals surface area (Å²) in [5.41, 5.74) is -0.185. The fourth-order valence-electron chi connectivity index (χ4n) is 1.70. The van der Waals surface area contributed by atoms with Crippen LogP contribution in [-0.4, -0.2) is 26.9 Å². The third-order valence-electron chi connectivity index (χ3n) is 2.56. The van der Waals surface area contributed by atoms with E-state index < -0.39 is 11.7 Å². The summed E-state index contributed by atoms with van der Waals surface area (Å²) < 4.78 is 49.3. The molecule has 0 saturated carbocycles.